The van der Waals surface area contributed by atoms with Gasteiger partial charge >= 0.3 is 0 Å². The van der Waals surface area contributed by atoms with E-state index in [9.17, 15) is 9.50 Å². The van der Waals surface area contributed by atoms with Crippen LogP contribution in [0.5, 0.6) is 0 Å². The number of benzene rings is 1. The highest BCUT2D eigenvalue weighted by molar-refractivity contribution is 5.49. The maximum atomic E-state index is 13.4. The lowest BCUT2D eigenvalue weighted by atomic mass is 9.77. The van der Waals surface area contributed by atoms with Crippen molar-refractivity contribution in [3.63, 3.8) is 0 Å². The zero-order chi connectivity index (χ0) is 13.2. The number of aliphatic hydroxyl groups excluding tert-OH is 1. The molecule has 1 aliphatic heterocycles. The highest BCUT2D eigenvalue weighted by Crippen LogP contribution is 2.38. The van der Waals surface area contributed by atoms with Crippen LogP contribution in [-0.4, -0.2) is 23.8 Å². The van der Waals surface area contributed by atoms with Crippen molar-refractivity contribution in [2.24, 2.45) is 5.92 Å². The van der Waals surface area contributed by atoms with Gasteiger partial charge in [0.15, 0.2) is 0 Å². The van der Waals surface area contributed by atoms with E-state index < -0.39 is 0 Å². The Bertz CT molecular complexity index is 403. The zero-order valence-corrected chi connectivity index (χ0v) is 11.2. The van der Waals surface area contributed by atoms with Gasteiger partial charge in [-0.1, -0.05) is 6.07 Å². The Morgan fingerprint density at radius 1 is 1.44 bits per heavy atom. The maximum Gasteiger partial charge on any atom is 0.125 e. The van der Waals surface area contributed by atoms with Crippen LogP contribution >= 0.6 is 0 Å². The number of nitrogens with zero attached hydrogens (tertiary/aromatic N) is 1. The van der Waals surface area contributed by atoms with E-state index in [4.69, 9.17) is 0 Å². The minimum Gasteiger partial charge on any atom is -0.396 e. The van der Waals surface area contributed by atoms with Crippen LogP contribution in [0.1, 0.15) is 33.1 Å². The van der Waals surface area contributed by atoms with Gasteiger partial charge in [-0.05, 0) is 57.2 Å². The van der Waals surface area contributed by atoms with E-state index in [1.807, 2.05) is 6.07 Å². The summed E-state index contributed by atoms with van der Waals surface area (Å²) < 4.78 is 13.4. The Morgan fingerprint density at radius 3 is 2.89 bits per heavy atom. The summed E-state index contributed by atoms with van der Waals surface area (Å²) in [7, 11) is 0. The van der Waals surface area contributed by atoms with E-state index in [1.54, 1.807) is 12.1 Å². The first kappa shape index (κ1) is 13.3. The second-order valence-corrected chi connectivity index (χ2v) is 5.64. The second kappa shape index (κ2) is 5.27. The monoisotopic (exact) mass is 251 g/mol. The van der Waals surface area contributed by atoms with Gasteiger partial charge in [0.05, 0.1) is 0 Å². The SMILES string of the molecule is CC1(C)C(CCO)CCCN1c1cccc(F)c1. The predicted octanol–water partition coefficient (Wildman–Crippen LogP) is 3.20. The van der Waals surface area contributed by atoms with Crippen molar-refractivity contribution >= 4 is 5.69 Å². The molecular formula is C15H22FNO. The lowest BCUT2D eigenvalue weighted by Crippen LogP contribution is -2.53. The Morgan fingerprint density at radius 2 is 2.22 bits per heavy atom. The van der Waals surface area contributed by atoms with Crippen molar-refractivity contribution < 1.29 is 9.50 Å². The molecule has 100 valence electrons. The van der Waals surface area contributed by atoms with Crippen molar-refractivity contribution in [1.82, 2.24) is 0 Å². The average molecular weight is 251 g/mol. The lowest BCUT2D eigenvalue weighted by Gasteiger charge is -2.49. The van der Waals surface area contributed by atoms with Crippen molar-refractivity contribution in [3.8, 4) is 0 Å². The van der Waals surface area contributed by atoms with E-state index in [1.165, 1.54) is 6.07 Å². The van der Waals surface area contributed by atoms with Gasteiger partial charge in [0.25, 0.3) is 0 Å². The normalized spacial score (nSPS) is 23.1. The molecule has 0 amide bonds. The van der Waals surface area contributed by atoms with Crippen LogP contribution in [0.4, 0.5) is 10.1 Å². The topological polar surface area (TPSA) is 23.5 Å². The molecule has 1 unspecified atom stereocenters. The molecule has 0 aromatic heterocycles. The van der Waals surface area contributed by atoms with Crippen molar-refractivity contribution in [3.05, 3.63) is 30.1 Å². The van der Waals surface area contributed by atoms with Gasteiger partial charge in [0, 0.05) is 24.4 Å². The maximum absolute atomic E-state index is 13.4. The minimum atomic E-state index is -0.187. The van der Waals surface area contributed by atoms with E-state index in [-0.39, 0.29) is 18.0 Å². The smallest absolute Gasteiger partial charge is 0.125 e. The molecule has 1 atom stereocenters. The number of hydrogen-bond donors (Lipinski definition) is 1. The Balaban J connectivity index is 2.26. The average Bonchev–Trinajstić information content (AvgIpc) is 2.31. The fraction of sp³-hybridized carbons (Fsp3) is 0.600. The van der Waals surface area contributed by atoms with Crippen molar-refractivity contribution in [2.45, 2.75) is 38.6 Å². The fourth-order valence-electron chi connectivity index (χ4n) is 3.12. The van der Waals surface area contributed by atoms with E-state index in [2.05, 4.69) is 18.7 Å². The molecule has 1 aromatic rings. The van der Waals surface area contributed by atoms with Crippen LogP contribution in [0.15, 0.2) is 24.3 Å². The molecule has 1 fully saturated rings. The number of halogens is 1. The van der Waals surface area contributed by atoms with Gasteiger partial charge in [-0.3, -0.25) is 0 Å². The van der Waals surface area contributed by atoms with Crippen LogP contribution in [0.2, 0.25) is 0 Å². The molecule has 1 aromatic carbocycles. The second-order valence-electron chi connectivity index (χ2n) is 5.64. The molecule has 1 saturated heterocycles. The number of aliphatic hydroxyl groups is 1. The number of rotatable bonds is 3. The molecule has 18 heavy (non-hydrogen) atoms. The largest absolute Gasteiger partial charge is 0.396 e. The summed E-state index contributed by atoms with van der Waals surface area (Å²) in [5, 5.41) is 9.17. The number of anilines is 1. The quantitative estimate of drug-likeness (QED) is 0.891. The number of piperidine rings is 1. The molecule has 2 nitrogen and oxygen atoms in total. The summed E-state index contributed by atoms with van der Waals surface area (Å²) in [6, 6.07) is 6.80. The van der Waals surface area contributed by atoms with Gasteiger partial charge in [-0.2, -0.15) is 0 Å². The highest BCUT2D eigenvalue weighted by atomic mass is 19.1. The third-order valence-electron chi connectivity index (χ3n) is 4.23. The standard InChI is InChI=1S/C15H22FNO/c1-15(2)12(8-10-18)5-4-9-17(15)14-7-3-6-13(16)11-14/h3,6-7,11-12,18H,4-5,8-10H2,1-2H3. The number of hydrogen-bond acceptors (Lipinski definition) is 2. The van der Waals surface area contributed by atoms with E-state index >= 15 is 0 Å². The van der Waals surface area contributed by atoms with Gasteiger partial charge in [0.2, 0.25) is 0 Å². The van der Waals surface area contributed by atoms with Gasteiger partial charge in [0.1, 0.15) is 5.82 Å². The fourth-order valence-corrected chi connectivity index (χ4v) is 3.12. The molecule has 0 radical (unpaired) electrons. The highest BCUT2D eigenvalue weighted by Gasteiger charge is 2.38. The first-order valence-electron chi connectivity index (χ1n) is 6.70. The zero-order valence-electron chi connectivity index (χ0n) is 11.2. The van der Waals surface area contributed by atoms with Gasteiger partial charge in [-0.15, -0.1) is 0 Å². The van der Waals surface area contributed by atoms with E-state index in [0.29, 0.717) is 5.92 Å². The molecule has 0 bridgehead atoms. The lowest BCUT2D eigenvalue weighted by molar-refractivity contribution is 0.176. The van der Waals surface area contributed by atoms with Crippen LogP contribution in [0.3, 0.4) is 0 Å². The van der Waals surface area contributed by atoms with Crippen LogP contribution in [-0.2, 0) is 0 Å². The Hall–Kier alpha value is -1.09. The molecule has 1 aliphatic rings. The van der Waals surface area contributed by atoms with Crippen LogP contribution < -0.4 is 4.90 Å². The molecule has 1 N–H and O–H groups in total. The molecule has 0 spiro atoms. The molecule has 1 heterocycles. The molecule has 3 heteroatoms. The van der Waals surface area contributed by atoms with Gasteiger partial charge in [-0.25, -0.2) is 4.39 Å². The summed E-state index contributed by atoms with van der Waals surface area (Å²) in [6.45, 7) is 5.57. The molecule has 2 rings (SSSR count). The first-order chi connectivity index (χ1) is 8.55. The Labute approximate surface area is 108 Å². The van der Waals surface area contributed by atoms with Crippen molar-refractivity contribution in [2.75, 3.05) is 18.1 Å². The van der Waals surface area contributed by atoms with Gasteiger partial charge < -0.3 is 10.0 Å². The van der Waals surface area contributed by atoms with Crippen LogP contribution in [0, 0.1) is 11.7 Å². The summed E-state index contributed by atoms with van der Waals surface area (Å²) in [5.74, 6) is 0.270. The third-order valence-corrected chi connectivity index (χ3v) is 4.23. The van der Waals surface area contributed by atoms with Crippen molar-refractivity contribution in [1.29, 1.82) is 0 Å². The van der Waals surface area contributed by atoms with E-state index in [0.717, 1.165) is 31.5 Å². The first-order valence-corrected chi connectivity index (χ1v) is 6.70. The minimum absolute atomic E-state index is 0.0330. The summed E-state index contributed by atoms with van der Waals surface area (Å²) in [5.41, 5.74) is 0.914. The third kappa shape index (κ3) is 2.51. The summed E-state index contributed by atoms with van der Waals surface area (Å²) >= 11 is 0. The van der Waals surface area contributed by atoms with Crippen LogP contribution in [0.25, 0.3) is 0 Å². The summed E-state index contributed by atoms with van der Waals surface area (Å²) in [6.07, 6.45) is 3.06. The molecule has 0 saturated carbocycles. The Kier molecular flexibility index (Phi) is 3.91. The summed E-state index contributed by atoms with van der Waals surface area (Å²) in [4.78, 5) is 2.28. The molecular weight excluding hydrogens is 229 g/mol. The predicted molar refractivity (Wildman–Crippen MR) is 72.3 cm³/mol. The molecule has 0 aliphatic carbocycles.